The predicted octanol–water partition coefficient (Wildman–Crippen LogP) is 2.76. The van der Waals surface area contributed by atoms with Gasteiger partial charge in [0.05, 0.1) is 6.33 Å². The summed E-state index contributed by atoms with van der Waals surface area (Å²) in [4.78, 5) is 4.03. The monoisotopic (exact) mass is 347 g/mol. The van der Waals surface area contributed by atoms with Crippen LogP contribution in [0.25, 0.3) is 0 Å². The van der Waals surface area contributed by atoms with Crippen LogP contribution in [0.2, 0.25) is 0 Å². The fraction of sp³-hybridized carbons (Fsp3) is 0.500. The van der Waals surface area contributed by atoms with E-state index in [-0.39, 0.29) is 5.03 Å². The Morgan fingerprint density at radius 1 is 1.29 bits per heavy atom. The average Bonchev–Trinajstić information content (AvgIpc) is 3.02. The average molecular weight is 347 g/mol. The number of hydrogen-bond donors (Lipinski definition) is 0. The first-order chi connectivity index (χ1) is 11.5. The first kappa shape index (κ1) is 17.2. The molecule has 2 aromatic rings. The van der Waals surface area contributed by atoms with Crippen molar-refractivity contribution in [3.8, 4) is 0 Å². The summed E-state index contributed by atoms with van der Waals surface area (Å²) in [6, 6.07) is 8.43. The van der Waals surface area contributed by atoms with Crippen LogP contribution in [0.1, 0.15) is 30.4 Å². The molecule has 6 heteroatoms. The van der Waals surface area contributed by atoms with E-state index < -0.39 is 10.0 Å². The number of benzene rings is 1. The third kappa shape index (κ3) is 3.70. The van der Waals surface area contributed by atoms with Crippen molar-refractivity contribution in [3.05, 3.63) is 47.9 Å². The van der Waals surface area contributed by atoms with Crippen LogP contribution in [0.15, 0.2) is 41.8 Å². The molecule has 0 unspecified atom stereocenters. The third-order valence-corrected chi connectivity index (χ3v) is 6.60. The molecule has 0 aliphatic carbocycles. The van der Waals surface area contributed by atoms with Crippen molar-refractivity contribution in [2.75, 3.05) is 13.1 Å². The summed E-state index contributed by atoms with van der Waals surface area (Å²) < 4.78 is 28.7. The summed E-state index contributed by atoms with van der Waals surface area (Å²) in [5.41, 5.74) is 2.67. The minimum atomic E-state index is -3.46. The summed E-state index contributed by atoms with van der Waals surface area (Å²) in [6.07, 6.45) is 7.16. The van der Waals surface area contributed by atoms with Crippen LogP contribution < -0.4 is 0 Å². The molecule has 1 saturated heterocycles. The Kier molecular flexibility index (Phi) is 5.06. The van der Waals surface area contributed by atoms with E-state index in [0.717, 1.165) is 25.7 Å². The Morgan fingerprint density at radius 3 is 2.79 bits per heavy atom. The lowest BCUT2D eigenvalue weighted by molar-refractivity contribution is 0.255. The fourth-order valence-electron chi connectivity index (χ4n) is 3.39. The number of piperidine rings is 1. The SMILES string of the molecule is Cc1ccccc1CC[C@H]1CCCN(S(=O)(=O)c2cn(C)cn2)C1. The van der Waals surface area contributed by atoms with Crippen LogP contribution in [0, 0.1) is 12.8 Å². The zero-order valence-electron chi connectivity index (χ0n) is 14.4. The van der Waals surface area contributed by atoms with Gasteiger partial charge in [0.15, 0.2) is 5.03 Å². The van der Waals surface area contributed by atoms with Crippen molar-refractivity contribution < 1.29 is 8.42 Å². The van der Waals surface area contributed by atoms with Crippen LogP contribution in [-0.2, 0) is 23.5 Å². The number of sulfonamides is 1. The van der Waals surface area contributed by atoms with E-state index in [9.17, 15) is 8.42 Å². The molecule has 1 aliphatic heterocycles. The minimum Gasteiger partial charge on any atom is -0.339 e. The highest BCUT2D eigenvalue weighted by Gasteiger charge is 2.31. The largest absolute Gasteiger partial charge is 0.339 e. The molecule has 0 saturated carbocycles. The van der Waals surface area contributed by atoms with Gasteiger partial charge in [-0.2, -0.15) is 4.31 Å². The molecule has 24 heavy (non-hydrogen) atoms. The first-order valence-corrected chi connectivity index (χ1v) is 9.93. The molecule has 0 spiro atoms. The molecule has 1 fully saturated rings. The zero-order valence-corrected chi connectivity index (χ0v) is 15.2. The van der Waals surface area contributed by atoms with Gasteiger partial charge in [0, 0.05) is 26.3 Å². The fourth-order valence-corrected chi connectivity index (χ4v) is 4.91. The minimum absolute atomic E-state index is 0.157. The molecule has 5 nitrogen and oxygen atoms in total. The quantitative estimate of drug-likeness (QED) is 0.836. The Hall–Kier alpha value is -1.66. The van der Waals surface area contributed by atoms with E-state index in [1.807, 2.05) is 0 Å². The molecule has 1 aliphatic rings. The summed E-state index contributed by atoms with van der Waals surface area (Å²) in [6.45, 7) is 3.33. The molecule has 0 bridgehead atoms. The van der Waals surface area contributed by atoms with Gasteiger partial charge >= 0.3 is 0 Å². The smallest absolute Gasteiger partial charge is 0.262 e. The van der Waals surface area contributed by atoms with Gasteiger partial charge < -0.3 is 4.57 Å². The first-order valence-electron chi connectivity index (χ1n) is 8.49. The second-order valence-corrected chi connectivity index (χ2v) is 8.60. The molecule has 1 aromatic carbocycles. The highest BCUT2D eigenvalue weighted by molar-refractivity contribution is 7.89. The summed E-state index contributed by atoms with van der Waals surface area (Å²) in [5.74, 6) is 0.414. The van der Waals surface area contributed by atoms with E-state index >= 15 is 0 Å². The number of rotatable bonds is 5. The van der Waals surface area contributed by atoms with Gasteiger partial charge in [-0.05, 0) is 49.7 Å². The molecule has 1 atom stereocenters. The van der Waals surface area contributed by atoms with Crippen LogP contribution in [0.5, 0.6) is 0 Å². The Labute approximate surface area is 144 Å². The number of hydrogen-bond acceptors (Lipinski definition) is 3. The molecule has 0 radical (unpaired) electrons. The predicted molar refractivity (Wildman–Crippen MR) is 94.2 cm³/mol. The lowest BCUT2D eigenvalue weighted by atomic mass is 9.91. The highest BCUT2D eigenvalue weighted by Crippen LogP contribution is 2.26. The van der Waals surface area contributed by atoms with Crippen molar-refractivity contribution in [1.82, 2.24) is 13.9 Å². The maximum Gasteiger partial charge on any atom is 0.262 e. The van der Waals surface area contributed by atoms with Gasteiger partial charge in [-0.3, -0.25) is 0 Å². The zero-order chi connectivity index (χ0) is 17.2. The van der Waals surface area contributed by atoms with E-state index in [2.05, 4.69) is 36.2 Å². The summed E-state index contributed by atoms with van der Waals surface area (Å²) in [7, 11) is -1.68. The van der Waals surface area contributed by atoms with Crippen LogP contribution in [0.3, 0.4) is 0 Å². The van der Waals surface area contributed by atoms with Gasteiger partial charge in [-0.1, -0.05) is 24.3 Å². The third-order valence-electron chi connectivity index (χ3n) is 4.85. The van der Waals surface area contributed by atoms with E-state index in [0.29, 0.717) is 19.0 Å². The molecule has 1 aromatic heterocycles. The molecule has 3 rings (SSSR count). The van der Waals surface area contributed by atoms with Gasteiger partial charge in [0.25, 0.3) is 10.0 Å². The lowest BCUT2D eigenvalue weighted by Crippen LogP contribution is -2.40. The van der Waals surface area contributed by atoms with Crippen molar-refractivity contribution in [2.24, 2.45) is 13.0 Å². The molecule has 0 amide bonds. The van der Waals surface area contributed by atoms with Crippen molar-refractivity contribution in [2.45, 2.75) is 37.6 Å². The number of imidazole rings is 1. The van der Waals surface area contributed by atoms with Crippen molar-refractivity contribution in [1.29, 1.82) is 0 Å². The van der Waals surface area contributed by atoms with E-state index in [1.54, 1.807) is 22.1 Å². The van der Waals surface area contributed by atoms with Crippen LogP contribution >= 0.6 is 0 Å². The molecular formula is C18H25N3O2S. The molecule has 130 valence electrons. The van der Waals surface area contributed by atoms with Gasteiger partial charge in [0.1, 0.15) is 0 Å². The standard InChI is InChI=1S/C18H25N3O2S/c1-15-6-3-4-8-17(15)10-9-16-7-5-11-21(12-16)24(22,23)18-13-20(2)14-19-18/h3-4,6,8,13-14,16H,5,7,9-12H2,1-2H3/t16-/m1/s1. The maximum absolute atomic E-state index is 12.7. The topological polar surface area (TPSA) is 55.2 Å². The van der Waals surface area contributed by atoms with Crippen LogP contribution in [-0.4, -0.2) is 35.4 Å². The number of aromatic nitrogens is 2. The van der Waals surface area contributed by atoms with Gasteiger partial charge in [-0.15, -0.1) is 0 Å². The Bertz CT molecular complexity index is 798. The normalized spacial score (nSPS) is 19.5. The van der Waals surface area contributed by atoms with E-state index in [1.165, 1.54) is 17.5 Å². The number of nitrogens with zero attached hydrogens (tertiary/aromatic N) is 3. The number of aryl methyl sites for hydroxylation is 3. The maximum atomic E-state index is 12.7. The van der Waals surface area contributed by atoms with Gasteiger partial charge in [0.2, 0.25) is 0 Å². The van der Waals surface area contributed by atoms with Gasteiger partial charge in [-0.25, -0.2) is 13.4 Å². The highest BCUT2D eigenvalue weighted by atomic mass is 32.2. The van der Waals surface area contributed by atoms with Crippen molar-refractivity contribution in [3.63, 3.8) is 0 Å². The molecular weight excluding hydrogens is 322 g/mol. The summed E-state index contributed by atoms with van der Waals surface area (Å²) >= 11 is 0. The summed E-state index contributed by atoms with van der Waals surface area (Å²) in [5, 5.41) is 0.157. The molecule has 2 heterocycles. The van der Waals surface area contributed by atoms with Crippen LogP contribution in [0.4, 0.5) is 0 Å². The second-order valence-electron chi connectivity index (χ2n) is 6.71. The van der Waals surface area contributed by atoms with Crippen molar-refractivity contribution >= 4 is 10.0 Å². The second kappa shape index (κ2) is 7.07. The van der Waals surface area contributed by atoms with E-state index in [4.69, 9.17) is 0 Å². The Balaban J connectivity index is 1.65. The molecule has 0 N–H and O–H groups in total. The lowest BCUT2D eigenvalue weighted by Gasteiger charge is -2.31. The Morgan fingerprint density at radius 2 is 2.08 bits per heavy atom.